The van der Waals surface area contributed by atoms with Gasteiger partial charge in [-0.25, -0.2) is 4.68 Å². The Morgan fingerprint density at radius 3 is 2.71 bits per heavy atom. The summed E-state index contributed by atoms with van der Waals surface area (Å²) in [5.74, 6) is 1.19. The number of nitrogens with zero attached hydrogens (tertiary/aromatic N) is 3. The first-order chi connectivity index (χ1) is 9.93. The highest BCUT2D eigenvalue weighted by Crippen LogP contribution is 2.30. The normalized spacial score (nSPS) is 10.7. The molecule has 1 aromatic carbocycles. The van der Waals surface area contributed by atoms with E-state index in [1.165, 1.54) is 6.07 Å². The lowest BCUT2D eigenvalue weighted by molar-refractivity contribution is -0.385. The minimum atomic E-state index is -0.403. The summed E-state index contributed by atoms with van der Waals surface area (Å²) in [6.07, 6.45) is 0. The molecular formula is C14H18N4O3. The average Bonchev–Trinajstić information content (AvgIpc) is 2.66. The number of rotatable bonds is 5. The van der Waals surface area contributed by atoms with Gasteiger partial charge < -0.3 is 10.1 Å². The number of nitrogens with one attached hydrogen (secondary N) is 1. The van der Waals surface area contributed by atoms with E-state index in [9.17, 15) is 10.1 Å². The van der Waals surface area contributed by atoms with Crippen LogP contribution < -0.4 is 10.1 Å². The topological polar surface area (TPSA) is 82.2 Å². The fourth-order valence-corrected chi connectivity index (χ4v) is 2.20. The fourth-order valence-electron chi connectivity index (χ4n) is 2.20. The second kappa shape index (κ2) is 5.92. The van der Waals surface area contributed by atoms with Crippen LogP contribution in [0.1, 0.15) is 16.8 Å². The van der Waals surface area contributed by atoms with Crippen molar-refractivity contribution < 1.29 is 9.66 Å². The lowest BCUT2D eigenvalue weighted by Gasteiger charge is -2.09. The van der Waals surface area contributed by atoms with Gasteiger partial charge in [0.1, 0.15) is 5.75 Å². The Morgan fingerprint density at radius 1 is 1.43 bits per heavy atom. The molecular weight excluding hydrogens is 272 g/mol. The van der Waals surface area contributed by atoms with Crippen molar-refractivity contribution in [1.29, 1.82) is 0 Å². The third kappa shape index (κ3) is 3.03. The molecule has 2 aromatic rings. The van der Waals surface area contributed by atoms with E-state index < -0.39 is 4.92 Å². The highest BCUT2D eigenvalue weighted by molar-refractivity contribution is 5.46. The van der Waals surface area contributed by atoms with E-state index in [1.54, 1.807) is 30.8 Å². The van der Waals surface area contributed by atoms with E-state index in [-0.39, 0.29) is 5.69 Å². The lowest BCUT2D eigenvalue weighted by Crippen LogP contribution is -2.07. The molecule has 0 spiro atoms. The van der Waals surface area contributed by atoms with E-state index in [2.05, 4.69) is 10.4 Å². The monoisotopic (exact) mass is 290 g/mol. The van der Waals surface area contributed by atoms with Gasteiger partial charge in [-0.3, -0.25) is 10.1 Å². The maximum absolute atomic E-state index is 10.8. The molecule has 0 radical (unpaired) electrons. The standard InChI is InChI=1S/C14H18N4O3/c1-9-7-11(5-6-13(9)18(19)20)21-14-12(8-15-3)10(2)16-17(14)4/h5-7,15H,8H2,1-4H3. The van der Waals surface area contributed by atoms with E-state index in [1.807, 2.05) is 14.0 Å². The molecule has 1 aromatic heterocycles. The van der Waals surface area contributed by atoms with Gasteiger partial charge in [-0.1, -0.05) is 0 Å². The average molecular weight is 290 g/mol. The third-order valence-electron chi connectivity index (χ3n) is 3.22. The van der Waals surface area contributed by atoms with Crippen LogP contribution >= 0.6 is 0 Å². The number of hydrogen-bond acceptors (Lipinski definition) is 5. The number of ether oxygens (including phenoxy) is 1. The molecule has 2 rings (SSSR count). The smallest absolute Gasteiger partial charge is 0.272 e. The van der Waals surface area contributed by atoms with E-state index >= 15 is 0 Å². The van der Waals surface area contributed by atoms with Gasteiger partial charge in [0.05, 0.1) is 16.2 Å². The van der Waals surface area contributed by atoms with Crippen molar-refractivity contribution in [2.75, 3.05) is 7.05 Å². The zero-order valence-corrected chi connectivity index (χ0v) is 12.5. The van der Waals surface area contributed by atoms with Crippen LogP contribution in [0.2, 0.25) is 0 Å². The number of benzene rings is 1. The van der Waals surface area contributed by atoms with Crippen LogP contribution in [0.3, 0.4) is 0 Å². The molecule has 0 aliphatic rings. The molecule has 1 heterocycles. The highest BCUT2D eigenvalue weighted by atomic mass is 16.6. The van der Waals surface area contributed by atoms with Gasteiger partial charge in [0.2, 0.25) is 5.88 Å². The molecule has 0 amide bonds. The van der Waals surface area contributed by atoms with E-state index in [4.69, 9.17) is 4.74 Å². The van der Waals surface area contributed by atoms with Crippen LogP contribution in [0.4, 0.5) is 5.69 Å². The summed E-state index contributed by atoms with van der Waals surface area (Å²) >= 11 is 0. The maximum Gasteiger partial charge on any atom is 0.272 e. The molecule has 112 valence electrons. The summed E-state index contributed by atoms with van der Waals surface area (Å²) in [6.45, 7) is 4.25. The minimum absolute atomic E-state index is 0.0824. The summed E-state index contributed by atoms with van der Waals surface area (Å²) < 4.78 is 7.53. The Kier molecular flexibility index (Phi) is 4.23. The summed E-state index contributed by atoms with van der Waals surface area (Å²) in [4.78, 5) is 10.4. The molecule has 1 N–H and O–H groups in total. The number of aryl methyl sites for hydroxylation is 3. The van der Waals surface area contributed by atoms with Crippen molar-refractivity contribution in [3.63, 3.8) is 0 Å². The number of nitro groups is 1. The summed E-state index contributed by atoms with van der Waals surface area (Å²) in [7, 11) is 3.66. The van der Waals surface area contributed by atoms with E-state index in [0.717, 1.165) is 11.3 Å². The Hall–Kier alpha value is -2.41. The second-order valence-corrected chi connectivity index (χ2v) is 4.83. The highest BCUT2D eigenvalue weighted by Gasteiger charge is 2.16. The Morgan fingerprint density at radius 2 is 2.14 bits per heavy atom. The molecule has 0 saturated carbocycles. The summed E-state index contributed by atoms with van der Waals surface area (Å²) in [6, 6.07) is 4.70. The van der Waals surface area contributed by atoms with Gasteiger partial charge in [-0.05, 0) is 33.0 Å². The first-order valence-corrected chi connectivity index (χ1v) is 6.54. The molecule has 0 bridgehead atoms. The van der Waals surface area contributed by atoms with Crippen LogP contribution in [-0.2, 0) is 13.6 Å². The molecule has 21 heavy (non-hydrogen) atoms. The number of nitro benzene ring substituents is 1. The summed E-state index contributed by atoms with van der Waals surface area (Å²) in [5.41, 5.74) is 2.50. The van der Waals surface area contributed by atoms with E-state index in [0.29, 0.717) is 23.7 Å². The van der Waals surface area contributed by atoms with Gasteiger partial charge in [0.15, 0.2) is 0 Å². The van der Waals surface area contributed by atoms with Crippen LogP contribution in [0.5, 0.6) is 11.6 Å². The Balaban J connectivity index is 2.34. The molecule has 0 unspecified atom stereocenters. The lowest BCUT2D eigenvalue weighted by atomic mass is 10.2. The SMILES string of the molecule is CNCc1c(C)nn(C)c1Oc1ccc([N+](=O)[O-])c(C)c1. The van der Waals surface area contributed by atoms with Crippen LogP contribution in [-0.4, -0.2) is 21.8 Å². The third-order valence-corrected chi connectivity index (χ3v) is 3.22. The van der Waals surface area contributed by atoms with Crippen molar-refractivity contribution in [2.24, 2.45) is 7.05 Å². The van der Waals surface area contributed by atoms with Crippen molar-refractivity contribution >= 4 is 5.69 Å². The second-order valence-electron chi connectivity index (χ2n) is 4.83. The van der Waals surface area contributed by atoms with Gasteiger partial charge in [-0.2, -0.15) is 5.10 Å². The number of hydrogen-bond donors (Lipinski definition) is 1. The fraction of sp³-hybridized carbons (Fsp3) is 0.357. The van der Waals surface area contributed by atoms with Crippen molar-refractivity contribution in [1.82, 2.24) is 15.1 Å². The van der Waals surface area contributed by atoms with Gasteiger partial charge in [0, 0.05) is 25.2 Å². The Labute approximate surface area is 122 Å². The largest absolute Gasteiger partial charge is 0.439 e. The number of aromatic nitrogens is 2. The molecule has 0 atom stereocenters. The molecule has 0 saturated heterocycles. The molecule has 0 aliphatic carbocycles. The first-order valence-electron chi connectivity index (χ1n) is 6.54. The van der Waals surface area contributed by atoms with Gasteiger partial charge in [-0.15, -0.1) is 0 Å². The zero-order valence-electron chi connectivity index (χ0n) is 12.5. The minimum Gasteiger partial charge on any atom is -0.439 e. The van der Waals surface area contributed by atoms with Crippen LogP contribution in [0, 0.1) is 24.0 Å². The van der Waals surface area contributed by atoms with Crippen molar-refractivity contribution in [3.8, 4) is 11.6 Å². The predicted molar refractivity (Wildman–Crippen MR) is 78.6 cm³/mol. The molecule has 0 aliphatic heterocycles. The van der Waals surface area contributed by atoms with Crippen LogP contribution in [0.25, 0.3) is 0 Å². The molecule has 0 fully saturated rings. The zero-order chi connectivity index (χ0) is 15.6. The molecule has 7 heteroatoms. The van der Waals surface area contributed by atoms with Crippen molar-refractivity contribution in [2.45, 2.75) is 20.4 Å². The van der Waals surface area contributed by atoms with Crippen LogP contribution in [0.15, 0.2) is 18.2 Å². The first kappa shape index (κ1) is 15.0. The maximum atomic E-state index is 10.8. The predicted octanol–water partition coefficient (Wildman–Crippen LogP) is 2.46. The van der Waals surface area contributed by atoms with Crippen molar-refractivity contribution in [3.05, 3.63) is 45.1 Å². The molecule has 7 nitrogen and oxygen atoms in total. The van der Waals surface area contributed by atoms with Gasteiger partial charge in [0.25, 0.3) is 5.69 Å². The van der Waals surface area contributed by atoms with Gasteiger partial charge >= 0.3 is 0 Å². The Bertz CT molecular complexity index is 679. The quantitative estimate of drug-likeness (QED) is 0.675. The summed E-state index contributed by atoms with van der Waals surface area (Å²) in [5, 5.41) is 18.2.